The zero-order valence-electron chi connectivity index (χ0n) is 18.9. The van der Waals surface area contributed by atoms with Crippen LogP contribution in [0.15, 0.2) is 23.6 Å². The lowest BCUT2D eigenvalue weighted by Gasteiger charge is -2.10. The Bertz CT molecular complexity index is 1130. The number of thiazole rings is 1. The molecule has 0 aliphatic carbocycles. The molecule has 0 aliphatic heterocycles. The predicted molar refractivity (Wildman–Crippen MR) is 121 cm³/mol. The molecule has 0 spiro atoms. The van der Waals surface area contributed by atoms with Crippen molar-refractivity contribution in [1.82, 2.24) is 9.97 Å². The molecule has 0 saturated heterocycles. The molecule has 9 heteroatoms. The maximum atomic E-state index is 12.6. The topological polar surface area (TPSA) is 99.7 Å². The normalized spacial score (nSPS) is 10.8. The van der Waals surface area contributed by atoms with Crippen LogP contribution in [0.1, 0.15) is 51.6 Å². The number of hydrogen-bond donors (Lipinski definition) is 1. The van der Waals surface area contributed by atoms with Gasteiger partial charge in [-0.3, -0.25) is 0 Å². The number of aromatic amines is 1. The van der Waals surface area contributed by atoms with Gasteiger partial charge in [-0.05, 0) is 45.4 Å². The average molecular weight is 459 g/mol. The number of carbonyl (C=O) groups excluding carboxylic acids is 2. The third kappa shape index (κ3) is 4.77. The Hall–Kier alpha value is -3.33. The Kier molecular flexibility index (Phi) is 7.19. The van der Waals surface area contributed by atoms with E-state index in [1.165, 1.54) is 11.3 Å². The molecule has 0 unspecified atom stereocenters. The van der Waals surface area contributed by atoms with Gasteiger partial charge >= 0.3 is 11.9 Å². The van der Waals surface area contributed by atoms with Crippen molar-refractivity contribution in [3.63, 3.8) is 0 Å². The highest BCUT2D eigenvalue weighted by Crippen LogP contribution is 2.39. The van der Waals surface area contributed by atoms with Gasteiger partial charge in [-0.25, -0.2) is 14.6 Å². The Morgan fingerprint density at radius 3 is 2.53 bits per heavy atom. The number of ether oxygens (including phenoxy) is 4. The maximum absolute atomic E-state index is 12.6. The second-order valence-corrected chi connectivity index (χ2v) is 8.20. The van der Waals surface area contributed by atoms with E-state index in [1.807, 2.05) is 23.6 Å². The Morgan fingerprint density at radius 2 is 1.88 bits per heavy atom. The molecular weight excluding hydrogens is 432 g/mol. The highest BCUT2D eigenvalue weighted by molar-refractivity contribution is 7.13. The number of carbonyl (C=O) groups is 2. The highest BCUT2D eigenvalue weighted by Gasteiger charge is 2.25. The standard InChI is InChI=1S/C23H26N2O6S/c1-12(2)31-22(26)18-13(3)19(24-14(18)4)23(27)30-10-15-11-32-21(25-15)16-8-7-9-17(28-5)20(16)29-6/h7-9,11-12,24H,10H2,1-6H3. The van der Waals surface area contributed by atoms with Crippen molar-refractivity contribution < 1.29 is 28.5 Å². The van der Waals surface area contributed by atoms with Crippen LogP contribution >= 0.6 is 11.3 Å². The molecule has 0 aliphatic rings. The number of rotatable bonds is 8. The number of nitrogens with zero attached hydrogens (tertiary/aromatic N) is 1. The monoisotopic (exact) mass is 458 g/mol. The Balaban J connectivity index is 1.74. The molecule has 1 N–H and O–H groups in total. The van der Waals surface area contributed by atoms with E-state index < -0.39 is 11.9 Å². The zero-order chi connectivity index (χ0) is 23.4. The van der Waals surface area contributed by atoms with Gasteiger partial charge in [0.15, 0.2) is 11.5 Å². The van der Waals surface area contributed by atoms with Crippen LogP contribution in [0.3, 0.4) is 0 Å². The number of benzene rings is 1. The second kappa shape index (κ2) is 9.86. The van der Waals surface area contributed by atoms with Crippen molar-refractivity contribution in [2.45, 2.75) is 40.4 Å². The number of esters is 2. The Morgan fingerprint density at radius 1 is 1.12 bits per heavy atom. The van der Waals surface area contributed by atoms with Crippen molar-refractivity contribution in [3.8, 4) is 22.1 Å². The lowest BCUT2D eigenvalue weighted by molar-refractivity contribution is 0.0376. The van der Waals surface area contributed by atoms with Gasteiger partial charge in [0.05, 0.1) is 37.1 Å². The van der Waals surface area contributed by atoms with Gasteiger partial charge in [0.2, 0.25) is 0 Å². The number of methoxy groups -OCH3 is 2. The number of hydrogen-bond acceptors (Lipinski definition) is 8. The molecule has 2 aromatic heterocycles. The van der Waals surface area contributed by atoms with Gasteiger partial charge in [-0.1, -0.05) is 6.07 Å². The first-order chi connectivity index (χ1) is 15.3. The molecule has 8 nitrogen and oxygen atoms in total. The van der Waals surface area contributed by atoms with Gasteiger partial charge in [-0.2, -0.15) is 0 Å². The van der Waals surface area contributed by atoms with Crippen molar-refractivity contribution in [2.24, 2.45) is 0 Å². The van der Waals surface area contributed by atoms with E-state index in [4.69, 9.17) is 18.9 Å². The van der Waals surface area contributed by atoms with Crippen molar-refractivity contribution in [2.75, 3.05) is 14.2 Å². The lowest BCUT2D eigenvalue weighted by Crippen LogP contribution is -2.13. The molecule has 170 valence electrons. The average Bonchev–Trinajstić information content (AvgIpc) is 3.34. The van der Waals surface area contributed by atoms with Crippen LogP contribution in [0.5, 0.6) is 11.5 Å². The minimum absolute atomic E-state index is 0.00903. The van der Waals surface area contributed by atoms with Crippen LogP contribution < -0.4 is 9.47 Å². The summed E-state index contributed by atoms with van der Waals surface area (Å²) in [5.74, 6) is 0.160. The van der Waals surface area contributed by atoms with E-state index in [1.54, 1.807) is 41.9 Å². The largest absolute Gasteiger partial charge is 0.493 e. The van der Waals surface area contributed by atoms with E-state index >= 15 is 0 Å². The molecule has 2 heterocycles. The molecule has 0 fully saturated rings. The SMILES string of the molecule is COc1cccc(-c2nc(COC(=O)c3[nH]c(C)c(C(=O)OC(C)C)c3C)cs2)c1OC. The highest BCUT2D eigenvalue weighted by atomic mass is 32.1. The molecule has 0 amide bonds. The van der Waals surface area contributed by atoms with Gasteiger partial charge in [-0.15, -0.1) is 11.3 Å². The molecule has 1 aromatic carbocycles. The minimum Gasteiger partial charge on any atom is -0.493 e. The zero-order valence-corrected chi connectivity index (χ0v) is 19.7. The summed E-state index contributed by atoms with van der Waals surface area (Å²) in [6, 6.07) is 5.55. The van der Waals surface area contributed by atoms with Gasteiger partial charge in [0.25, 0.3) is 0 Å². The fourth-order valence-corrected chi connectivity index (χ4v) is 4.12. The minimum atomic E-state index is -0.567. The van der Waals surface area contributed by atoms with Crippen LogP contribution in [0, 0.1) is 13.8 Å². The van der Waals surface area contributed by atoms with Gasteiger partial charge < -0.3 is 23.9 Å². The van der Waals surface area contributed by atoms with E-state index in [-0.39, 0.29) is 18.4 Å². The third-order valence-corrected chi connectivity index (χ3v) is 5.65. The summed E-state index contributed by atoms with van der Waals surface area (Å²) in [5.41, 5.74) is 3.02. The maximum Gasteiger partial charge on any atom is 0.355 e. The van der Waals surface area contributed by atoms with Crippen molar-refractivity contribution in [1.29, 1.82) is 0 Å². The fourth-order valence-electron chi connectivity index (χ4n) is 3.30. The summed E-state index contributed by atoms with van der Waals surface area (Å²) in [6.07, 6.45) is -0.256. The van der Waals surface area contributed by atoms with Crippen LogP contribution in [0.2, 0.25) is 0 Å². The number of aryl methyl sites for hydroxylation is 1. The molecule has 0 atom stereocenters. The van der Waals surface area contributed by atoms with Gasteiger partial charge in [0.1, 0.15) is 17.3 Å². The van der Waals surface area contributed by atoms with E-state index in [0.717, 1.165) is 10.6 Å². The number of nitrogens with one attached hydrogen (secondary N) is 1. The molecule has 0 radical (unpaired) electrons. The first-order valence-electron chi connectivity index (χ1n) is 9.99. The lowest BCUT2D eigenvalue weighted by atomic mass is 10.1. The first kappa shape index (κ1) is 23.3. The summed E-state index contributed by atoms with van der Waals surface area (Å²) in [6.45, 7) is 6.94. The number of H-pyrrole nitrogens is 1. The Labute approximate surface area is 190 Å². The summed E-state index contributed by atoms with van der Waals surface area (Å²) in [7, 11) is 3.15. The summed E-state index contributed by atoms with van der Waals surface area (Å²) in [4.78, 5) is 32.5. The molecule has 0 saturated carbocycles. The van der Waals surface area contributed by atoms with Gasteiger partial charge in [0, 0.05) is 11.1 Å². The van der Waals surface area contributed by atoms with Crippen LogP contribution in [-0.2, 0) is 16.1 Å². The first-order valence-corrected chi connectivity index (χ1v) is 10.9. The summed E-state index contributed by atoms with van der Waals surface area (Å²) >= 11 is 1.41. The quantitative estimate of drug-likeness (QED) is 0.489. The molecule has 0 bridgehead atoms. The van der Waals surface area contributed by atoms with E-state index in [2.05, 4.69) is 9.97 Å². The summed E-state index contributed by atoms with van der Waals surface area (Å²) in [5, 5.41) is 2.54. The fraction of sp³-hybridized carbons (Fsp3) is 0.348. The predicted octanol–water partition coefficient (Wildman–Crippen LogP) is 4.69. The molecule has 3 aromatic rings. The van der Waals surface area contributed by atoms with E-state index in [9.17, 15) is 9.59 Å². The number of aromatic nitrogens is 2. The van der Waals surface area contributed by atoms with Crippen molar-refractivity contribution >= 4 is 23.3 Å². The van der Waals surface area contributed by atoms with Crippen LogP contribution in [0.25, 0.3) is 10.6 Å². The second-order valence-electron chi connectivity index (χ2n) is 7.34. The smallest absolute Gasteiger partial charge is 0.355 e. The molecular formula is C23H26N2O6S. The molecule has 3 rings (SSSR count). The van der Waals surface area contributed by atoms with Crippen LogP contribution in [0.4, 0.5) is 0 Å². The number of para-hydroxylation sites is 1. The van der Waals surface area contributed by atoms with Crippen molar-refractivity contribution in [3.05, 3.63) is 51.8 Å². The van der Waals surface area contributed by atoms with Crippen LogP contribution in [-0.4, -0.2) is 42.2 Å². The molecule has 32 heavy (non-hydrogen) atoms. The van der Waals surface area contributed by atoms with E-state index in [0.29, 0.717) is 34.0 Å². The third-order valence-electron chi connectivity index (χ3n) is 4.72. The summed E-state index contributed by atoms with van der Waals surface area (Å²) < 4.78 is 21.5.